The summed E-state index contributed by atoms with van der Waals surface area (Å²) >= 11 is 1.63. The number of hydrogen-bond donors (Lipinski definition) is 1. The Kier molecular flexibility index (Phi) is 5.04. The Balaban J connectivity index is 2.04. The van der Waals surface area contributed by atoms with Crippen LogP contribution >= 0.6 is 11.8 Å². The van der Waals surface area contributed by atoms with Gasteiger partial charge < -0.3 is 9.52 Å². The Morgan fingerprint density at radius 1 is 1.57 bits per heavy atom. The standard InChI is InChI=1S/C10H17NO2S/c1-8-7-13-10(11-8)14-6-4-3-5-9(2)12/h7,9,12H,3-6H2,1-2H3. The van der Waals surface area contributed by atoms with Crippen molar-refractivity contribution < 1.29 is 9.52 Å². The van der Waals surface area contributed by atoms with E-state index >= 15 is 0 Å². The van der Waals surface area contributed by atoms with Gasteiger partial charge in [-0.2, -0.15) is 0 Å². The summed E-state index contributed by atoms with van der Waals surface area (Å²) in [4.78, 5) is 4.19. The lowest BCUT2D eigenvalue weighted by Gasteiger charge is -2.01. The normalized spacial score (nSPS) is 13.1. The first-order chi connectivity index (χ1) is 6.68. The van der Waals surface area contributed by atoms with Gasteiger partial charge >= 0.3 is 0 Å². The molecule has 0 bridgehead atoms. The fourth-order valence-corrected chi connectivity index (χ4v) is 1.95. The molecule has 4 heteroatoms. The molecule has 0 radical (unpaired) electrons. The first-order valence-corrected chi connectivity index (χ1v) is 5.90. The fraction of sp³-hybridized carbons (Fsp3) is 0.700. The molecule has 1 unspecified atom stereocenters. The largest absolute Gasteiger partial charge is 0.440 e. The predicted molar refractivity (Wildman–Crippen MR) is 57.5 cm³/mol. The van der Waals surface area contributed by atoms with Gasteiger partial charge in [0.1, 0.15) is 6.26 Å². The molecule has 0 saturated carbocycles. The average molecular weight is 215 g/mol. The molecule has 0 aliphatic carbocycles. The van der Waals surface area contributed by atoms with E-state index in [0.717, 1.165) is 35.9 Å². The minimum atomic E-state index is -0.177. The van der Waals surface area contributed by atoms with E-state index in [2.05, 4.69) is 4.98 Å². The molecule has 1 rings (SSSR count). The van der Waals surface area contributed by atoms with Crippen LogP contribution < -0.4 is 0 Å². The van der Waals surface area contributed by atoms with Gasteiger partial charge in [0.25, 0.3) is 5.22 Å². The van der Waals surface area contributed by atoms with Crippen molar-refractivity contribution in [3.63, 3.8) is 0 Å². The number of aliphatic hydroxyl groups is 1. The van der Waals surface area contributed by atoms with E-state index in [4.69, 9.17) is 9.52 Å². The number of aryl methyl sites for hydroxylation is 1. The van der Waals surface area contributed by atoms with E-state index in [-0.39, 0.29) is 6.10 Å². The number of rotatable bonds is 6. The van der Waals surface area contributed by atoms with Crippen molar-refractivity contribution in [1.29, 1.82) is 0 Å². The van der Waals surface area contributed by atoms with Crippen LogP contribution in [0.3, 0.4) is 0 Å². The van der Waals surface area contributed by atoms with Crippen LogP contribution in [0.5, 0.6) is 0 Å². The van der Waals surface area contributed by atoms with E-state index in [1.54, 1.807) is 18.0 Å². The van der Waals surface area contributed by atoms with E-state index in [9.17, 15) is 0 Å². The molecule has 0 aromatic carbocycles. The van der Waals surface area contributed by atoms with Gasteiger partial charge in [-0.25, -0.2) is 4.98 Å². The Bertz CT molecular complexity index is 260. The molecule has 1 aromatic heterocycles. The van der Waals surface area contributed by atoms with Crippen molar-refractivity contribution >= 4 is 11.8 Å². The highest BCUT2D eigenvalue weighted by atomic mass is 32.2. The molecule has 14 heavy (non-hydrogen) atoms. The predicted octanol–water partition coefficient (Wildman–Crippen LogP) is 2.63. The molecule has 0 aliphatic heterocycles. The van der Waals surface area contributed by atoms with Crippen molar-refractivity contribution in [2.24, 2.45) is 0 Å². The third kappa shape index (κ3) is 4.67. The van der Waals surface area contributed by atoms with E-state index in [1.165, 1.54) is 0 Å². The molecule has 1 atom stereocenters. The third-order valence-electron chi connectivity index (χ3n) is 1.84. The first kappa shape index (κ1) is 11.6. The highest BCUT2D eigenvalue weighted by Crippen LogP contribution is 2.18. The molecule has 1 aromatic rings. The van der Waals surface area contributed by atoms with E-state index in [0.29, 0.717) is 0 Å². The van der Waals surface area contributed by atoms with E-state index < -0.39 is 0 Å². The number of unbranched alkanes of at least 4 members (excludes halogenated alkanes) is 1. The lowest BCUT2D eigenvalue weighted by Crippen LogP contribution is -1.98. The van der Waals surface area contributed by atoms with Crippen LogP contribution in [0.15, 0.2) is 15.9 Å². The molecule has 0 saturated heterocycles. The smallest absolute Gasteiger partial charge is 0.255 e. The number of thioether (sulfide) groups is 1. The summed E-state index contributed by atoms with van der Waals surface area (Å²) in [5.74, 6) is 1.01. The summed E-state index contributed by atoms with van der Waals surface area (Å²) in [5.41, 5.74) is 0.927. The summed E-state index contributed by atoms with van der Waals surface area (Å²) in [5, 5.41) is 9.78. The quantitative estimate of drug-likeness (QED) is 0.585. The zero-order valence-corrected chi connectivity index (χ0v) is 9.51. The minimum absolute atomic E-state index is 0.177. The van der Waals surface area contributed by atoms with Crippen molar-refractivity contribution in [3.05, 3.63) is 12.0 Å². The van der Waals surface area contributed by atoms with Gasteiger partial charge in [-0.15, -0.1) is 0 Å². The monoisotopic (exact) mass is 215 g/mol. The van der Waals surface area contributed by atoms with Gasteiger partial charge in [-0.05, 0) is 26.7 Å². The van der Waals surface area contributed by atoms with Gasteiger partial charge in [-0.1, -0.05) is 18.2 Å². The Labute approximate surface area is 88.9 Å². The van der Waals surface area contributed by atoms with Gasteiger partial charge in [0, 0.05) is 5.75 Å². The number of aliphatic hydroxyl groups excluding tert-OH is 1. The topological polar surface area (TPSA) is 46.3 Å². The van der Waals surface area contributed by atoms with Gasteiger partial charge in [-0.3, -0.25) is 0 Å². The van der Waals surface area contributed by atoms with Crippen LogP contribution in [0.2, 0.25) is 0 Å². The summed E-state index contributed by atoms with van der Waals surface area (Å²) < 4.78 is 5.19. The molecule has 0 aliphatic rings. The Hall–Kier alpha value is -0.480. The lowest BCUT2D eigenvalue weighted by atomic mass is 10.2. The molecular weight excluding hydrogens is 198 g/mol. The lowest BCUT2D eigenvalue weighted by molar-refractivity contribution is 0.181. The molecular formula is C10H17NO2S. The molecule has 1 heterocycles. The van der Waals surface area contributed by atoms with Gasteiger partial charge in [0.15, 0.2) is 0 Å². The summed E-state index contributed by atoms with van der Waals surface area (Å²) in [6, 6.07) is 0. The minimum Gasteiger partial charge on any atom is -0.440 e. The number of nitrogens with zero attached hydrogens (tertiary/aromatic N) is 1. The SMILES string of the molecule is Cc1coc(SCCCCC(C)O)n1. The second kappa shape index (κ2) is 6.09. The Morgan fingerprint density at radius 2 is 2.36 bits per heavy atom. The van der Waals surface area contributed by atoms with Crippen LogP contribution in [-0.4, -0.2) is 21.9 Å². The molecule has 80 valence electrons. The van der Waals surface area contributed by atoms with Gasteiger partial charge in [0.2, 0.25) is 0 Å². The van der Waals surface area contributed by atoms with Crippen LogP contribution in [0, 0.1) is 6.92 Å². The van der Waals surface area contributed by atoms with Gasteiger partial charge in [0.05, 0.1) is 11.8 Å². The maximum atomic E-state index is 9.03. The van der Waals surface area contributed by atoms with Crippen LogP contribution in [0.1, 0.15) is 31.9 Å². The zero-order valence-electron chi connectivity index (χ0n) is 8.69. The van der Waals surface area contributed by atoms with Crippen LogP contribution in [0.4, 0.5) is 0 Å². The number of aromatic nitrogens is 1. The fourth-order valence-electron chi connectivity index (χ4n) is 1.10. The van der Waals surface area contributed by atoms with E-state index in [1.807, 2.05) is 13.8 Å². The summed E-state index contributed by atoms with van der Waals surface area (Å²) in [7, 11) is 0. The van der Waals surface area contributed by atoms with Crippen molar-refractivity contribution in [2.45, 2.75) is 44.4 Å². The first-order valence-electron chi connectivity index (χ1n) is 4.91. The molecule has 1 N–H and O–H groups in total. The number of oxazole rings is 1. The summed E-state index contributed by atoms with van der Waals surface area (Å²) in [6.07, 6.45) is 4.52. The molecule has 0 fully saturated rings. The van der Waals surface area contributed by atoms with Crippen LogP contribution in [0.25, 0.3) is 0 Å². The molecule has 0 spiro atoms. The molecule has 0 amide bonds. The molecule has 3 nitrogen and oxygen atoms in total. The highest BCUT2D eigenvalue weighted by Gasteiger charge is 2.01. The van der Waals surface area contributed by atoms with Crippen molar-refractivity contribution in [2.75, 3.05) is 5.75 Å². The van der Waals surface area contributed by atoms with Crippen molar-refractivity contribution in [3.8, 4) is 0 Å². The second-order valence-corrected chi connectivity index (χ2v) is 4.49. The summed E-state index contributed by atoms with van der Waals surface area (Å²) in [6.45, 7) is 3.74. The maximum absolute atomic E-state index is 9.03. The van der Waals surface area contributed by atoms with Crippen molar-refractivity contribution in [1.82, 2.24) is 4.98 Å². The van der Waals surface area contributed by atoms with Crippen LogP contribution in [-0.2, 0) is 0 Å². The maximum Gasteiger partial charge on any atom is 0.255 e. The Morgan fingerprint density at radius 3 is 2.93 bits per heavy atom. The second-order valence-electron chi connectivity index (χ2n) is 3.45. The highest BCUT2D eigenvalue weighted by molar-refractivity contribution is 7.99. The zero-order chi connectivity index (χ0) is 10.4. The average Bonchev–Trinajstić information content (AvgIpc) is 2.50. The number of hydrogen-bond acceptors (Lipinski definition) is 4. The third-order valence-corrected chi connectivity index (χ3v) is 2.77.